The zero-order chi connectivity index (χ0) is 21.3. The number of carbonyl (C=O) groups excluding carboxylic acids is 1. The van der Waals surface area contributed by atoms with Crippen LogP contribution >= 0.6 is 11.8 Å². The number of amides is 1. The highest BCUT2D eigenvalue weighted by molar-refractivity contribution is 7.98. The summed E-state index contributed by atoms with van der Waals surface area (Å²) in [6, 6.07) is 7.78. The number of rotatable bonds is 11. The lowest BCUT2D eigenvalue weighted by Gasteiger charge is -2.09. The van der Waals surface area contributed by atoms with E-state index in [9.17, 15) is 4.79 Å². The first kappa shape index (κ1) is 21.9. The number of ether oxygens (including phenoxy) is 1. The molecule has 0 aliphatic heterocycles. The lowest BCUT2D eigenvalue weighted by Crippen LogP contribution is -2.27. The SMILES string of the molecule is CCCNc1nc(SC)nc2c1cnn2CCNC(=O)CCc1ccc(OC)cc1. The second kappa shape index (κ2) is 10.8. The van der Waals surface area contributed by atoms with Gasteiger partial charge in [0.1, 0.15) is 11.6 Å². The highest BCUT2D eigenvalue weighted by atomic mass is 32.2. The number of thioether (sulfide) groups is 1. The molecule has 0 saturated carbocycles. The van der Waals surface area contributed by atoms with Crippen LogP contribution in [0.5, 0.6) is 5.75 Å². The number of methoxy groups -OCH3 is 1. The average Bonchev–Trinajstić information content (AvgIpc) is 3.19. The van der Waals surface area contributed by atoms with Gasteiger partial charge in [0.15, 0.2) is 10.8 Å². The van der Waals surface area contributed by atoms with Gasteiger partial charge < -0.3 is 15.4 Å². The summed E-state index contributed by atoms with van der Waals surface area (Å²) >= 11 is 1.50. The Kier molecular flexibility index (Phi) is 7.89. The van der Waals surface area contributed by atoms with Crippen molar-refractivity contribution >= 4 is 34.5 Å². The van der Waals surface area contributed by atoms with Gasteiger partial charge in [-0.3, -0.25) is 4.79 Å². The molecular weight excluding hydrogens is 400 g/mol. The van der Waals surface area contributed by atoms with E-state index in [1.54, 1.807) is 13.3 Å². The minimum Gasteiger partial charge on any atom is -0.497 e. The van der Waals surface area contributed by atoms with E-state index in [2.05, 4.69) is 32.6 Å². The van der Waals surface area contributed by atoms with Gasteiger partial charge in [0.2, 0.25) is 5.91 Å². The number of hydrogen-bond acceptors (Lipinski definition) is 7. The molecule has 0 saturated heterocycles. The first-order valence-electron chi connectivity index (χ1n) is 10.1. The molecule has 0 atom stereocenters. The van der Waals surface area contributed by atoms with Crippen LogP contribution in [0.2, 0.25) is 0 Å². The Morgan fingerprint density at radius 2 is 2.00 bits per heavy atom. The van der Waals surface area contributed by atoms with E-state index < -0.39 is 0 Å². The van der Waals surface area contributed by atoms with Crippen LogP contribution in [0.15, 0.2) is 35.6 Å². The highest BCUT2D eigenvalue weighted by Gasteiger charge is 2.12. The second-order valence-corrected chi connectivity index (χ2v) is 7.56. The van der Waals surface area contributed by atoms with Crippen molar-refractivity contribution in [1.82, 2.24) is 25.1 Å². The number of nitrogens with one attached hydrogen (secondary N) is 2. The van der Waals surface area contributed by atoms with Crippen molar-refractivity contribution in [3.63, 3.8) is 0 Å². The maximum atomic E-state index is 12.2. The average molecular weight is 429 g/mol. The summed E-state index contributed by atoms with van der Waals surface area (Å²) < 4.78 is 6.97. The Bertz CT molecular complexity index is 974. The summed E-state index contributed by atoms with van der Waals surface area (Å²) in [5.41, 5.74) is 1.89. The largest absolute Gasteiger partial charge is 0.497 e. The lowest BCUT2D eigenvalue weighted by atomic mass is 10.1. The predicted molar refractivity (Wildman–Crippen MR) is 120 cm³/mol. The number of fused-ring (bicyclic) bond motifs is 1. The molecule has 3 rings (SSSR count). The van der Waals surface area contributed by atoms with Crippen LogP contribution in [0.1, 0.15) is 25.3 Å². The van der Waals surface area contributed by atoms with Crippen molar-refractivity contribution in [2.45, 2.75) is 37.9 Å². The second-order valence-electron chi connectivity index (χ2n) is 6.79. The molecule has 0 unspecified atom stereocenters. The summed E-state index contributed by atoms with van der Waals surface area (Å²) in [6.45, 7) is 4.00. The van der Waals surface area contributed by atoms with E-state index in [-0.39, 0.29) is 5.91 Å². The smallest absolute Gasteiger partial charge is 0.220 e. The van der Waals surface area contributed by atoms with Crippen molar-refractivity contribution in [2.24, 2.45) is 0 Å². The molecule has 9 heteroatoms. The van der Waals surface area contributed by atoms with E-state index in [0.717, 1.165) is 41.1 Å². The molecule has 2 N–H and O–H groups in total. The van der Waals surface area contributed by atoms with Gasteiger partial charge in [0.25, 0.3) is 0 Å². The highest BCUT2D eigenvalue weighted by Crippen LogP contribution is 2.23. The number of hydrogen-bond donors (Lipinski definition) is 2. The fourth-order valence-corrected chi connectivity index (χ4v) is 3.37. The summed E-state index contributed by atoms with van der Waals surface area (Å²) in [5, 5.41) is 12.4. The zero-order valence-corrected chi connectivity index (χ0v) is 18.5. The van der Waals surface area contributed by atoms with Gasteiger partial charge in [-0.2, -0.15) is 5.10 Å². The van der Waals surface area contributed by atoms with Crippen LogP contribution in [0.25, 0.3) is 11.0 Å². The summed E-state index contributed by atoms with van der Waals surface area (Å²) in [5.74, 6) is 1.64. The van der Waals surface area contributed by atoms with Gasteiger partial charge in [0.05, 0.1) is 25.2 Å². The molecule has 3 aromatic rings. The molecule has 0 fully saturated rings. The molecular formula is C21H28N6O2S. The van der Waals surface area contributed by atoms with Gasteiger partial charge >= 0.3 is 0 Å². The van der Waals surface area contributed by atoms with Gasteiger partial charge in [0, 0.05) is 19.5 Å². The van der Waals surface area contributed by atoms with E-state index in [4.69, 9.17) is 4.74 Å². The van der Waals surface area contributed by atoms with E-state index >= 15 is 0 Å². The van der Waals surface area contributed by atoms with Crippen LogP contribution < -0.4 is 15.4 Å². The molecule has 0 aliphatic carbocycles. The molecule has 2 aromatic heterocycles. The fourth-order valence-electron chi connectivity index (χ4n) is 3.01. The van der Waals surface area contributed by atoms with Crippen molar-refractivity contribution < 1.29 is 9.53 Å². The number of nitrogens with zero attached hydrogens (tertiary/aromatic N) is 4. The Labute approximate surface area is 180 Å². The molecule has 0 bridgehead atoms. The zero-order valence-electron chi connectivity index (χ0n) is 17.6. The van der Waals surface area contributed by atoms with Crippen LogP contribution in [-0.4, -0.2) is 52.1 Å². The van der Waals surface area contributed by atoms with Crippen molar-refractivity contribution in [3.8, 4) is 5.75 Å². The molecule has 0 aliphatic rings. The third-order valence-electron chi connectivity index (χ3n) is 4.65. The Balaban J connectivity index is 1.55. The first-order chi connectivity index (χ1) is 14.6. The number of carbonyl (C=O) groups is 1. The van der Waals surface area contributed by atoms with Crippen LogP contribution in [0, 0.1) is 0 Å². The third-order valence-corrected chi connectivity index (χ3v) is 5.19. The molecule has 0 spiro atoms. The molecule has 30 heavy (non-hydrogen) atoms. The van der Waals surface area contributed by atoms with E-state index in [1.165, 1.54) is 11.8 Å². The van der Waals surface area contributed by atoms with Gasteiger partial charge in [-0.15, -0.1) is 0 Å². The molecule has 1 aromatic carbocycles. The summed E-state index contributed by atoms with van der Waals surface area (Å²) in [7, 11) is 1.64. The van der Waals surface area contributed by atoms with Crippen LogP contribution in [0.4, 0.5) is 5.82 Å². The molecule has 0 radical (unpaired) electrons. The summed E-state index contributed by atoms with van der Waals surface area (Å²) in [4.78, 5) is 21.4. The Hall–Kier alpha value is -2.81. The van der Waals surface area contributed by atoms with Gasteiger partial charge in [-0.05, 0) is 36.8 Å². The maximum Gasteiger partial charge on any atom is 0.220 e. The number of benzene rings is 1. The Morgan fingerprint density at radius 1 is 1.20 bits per heavy atom. The van der Waals surface area contributed by atoms with Crippen LogP contribution in [0.3, 0.4) is 0 Å². The van der Waals surface area contributed by atoms with Crippen molar-refractivity contribution in [3.05, 3.63) is 36.0 Å². The van der Waals surface area contributed by atoms with Crippen molar-refractivity contribution in [1.29, 1.82) is 0 Å². The third kappa shape index (κ3) is 5.63. The quantitative estimate of drug-likeness (QED) is 0.358. The molecule has 2 heterocycles. The molecule has 1 amide bonds. The maximum absolute atomic E-state index is 12.2. The number of aromatic nitrogens is 4. The normalized spacial score (nSPS) is 10.9. The van der Waals surface area contributed by atoms with E-state index in [1.807, 2.05) is 35.2 Å². The lowest BCUT2D eigenvalue weighted by molar-refractivity contribution is -0.121. The van der Waals surface area contributed by atoms with Crippen LogP contribution in [-0.2, 0) is 17.8 Å². The minimum absolute atomic E-state index is 0.0204. The van der Waals surface area contributed by atoms with E-state index in [0.29, 0.717) is 31.1 Å². The number of aryl methyl sites for hydroxylation is 1. The molecule has 8 nitrogen and oxygen atoms in total. The molecule has 160 valence electrons. The predicted octanol–water partition coefficient (Wildman–Crippen LogP) is 3.13. The van der Waals surface area contributed by atoms with Gasteiger partial charge in [-0.1, -0.05) is 30.8 Å². The van der Waals surface area contributed by atoms with Gasteiger partial charge in [-0.25, -0.2) is 14.6 Å². The van der Waals surface area contributed by atoms with Crippen molar-refractivity contribution in [2.75, 3.05) is 31.8 Å². The monoisotopic (exact) mass is 428 g/mol. The summed E-state index contributed by atoms with van der Waals surface area (Å²) in [6.07, 6.45) is 5.88. The standard InChI is InChI=1S/C21H28N6O2S/c1-4-11-23-19-17-14-24-27(20(17)26-21(25-19)30-3)13-12-22-18(28)10-7-15-5-8-16(29-2)9-6-15/h5-6,8-9,14H,4,7,10-13H2,1-3H3,(H,22,28)(H,23,25,26). The Morgan fingerprint density at radius 3 is 2.70 bits per heavy atom. The first-order valence-corrected chi connectivity index (χ1v) is 11.3. The number of anilines is 1. The topological polar surface area (TPSA) is 94.0 Å². The fraction of sp³-hybridized carbons (Fsp3) is 0.429. The minimum atomic E-state index is 0.0204.